The first-order valence-electron chi connectivity index (χ1n) is 14.1. The van der Waals surface area contributed by atoms with Gasteiger partial charge >= 0.3 is 0 Å². The third kappa shape index (κ3) is 4.41. The van der Waals surface area contributed by atoms with Gasteiger partial charge in [0.1, 0.15) is 6.61 Å². The van der Waals surface area contributed by atoms with Crippen LogP contribution in [0.25, 0.3) is 0 Å². The van der Waals surface area contributed by atoms with E-state index in [4.69, 9.17) is 5.11 Å². The topological polar surface area (TPSA) is 49.3 Å². The number of nitrogens with one attached hydrogen (secondary N) is 1. The van der Waals surface area contributed by atoms with Gasteiger partial charge in [-0.3, -0.25) is 4.79 Å². The van der Waals surface area contributed by atoms with Gasteiger partial charge in [0.25, 0.3) is 0 Å². The van der Waals surface area contributed by atoms with Crippen molar-refractivity contribution in [2.24, 2.45) is 52.3 Å². The second kappa shape index (κ2) is 9.59. The van der Waals surface area contributed by atoms with Gasteiger partial charge in [0.15, 0.2) is 0 Å². The highest BCUT2D eigenvalue weighted by molar-refractivity contribution is 5.77. The molecule has 3 unspecified atom stereocenters. The third-order valence-corrected chi connectivity index (χ3v) is 11.4. The lowest BCUT2D eigenvalue weighted by Gasteiger charge is -2.61. The fraction of sp³-hybridized carbons (Fsp3) is 0.966. The van der Waals surface area contributed by atoms with Gasteiger partial charge in [-0.2, -0.15) is 0 Å². The molecule has 0 radical (unpaired) electrons. The fourth-order valence-corrected chi connectivity index (χ4v) is 9.69. The summed E-state index contributed by atoms with van der Waals surface area (Å²) in [6.45, 7) is 12.2. The molecule has 4 aliphatic carbocycles. The first-order chi connectivity index (χ1) is 15.2. The highest BCUT2D eigenvalue weighted by Crippen LogP contribution is 2.68. The van der Waals surface area contributed by atoms with Gasteiger partial charge in [-0.1, -0.05) is 53.9 Å². The number of fused-ring (bicyclic) bond motifs is 5. The molecule has 0 aromatic heterocycles. The molecular formula is C29H51NO2. The number of rotatable bonds is 7. The van der Waals surface area contributed by atoms with Crippen LogP contribution in [-0.2, 0) is 4.79 Å². The van der Waals surface area contributed by atoms with Crippen molar-refractivity contribution >= 4 is 5.91 Å². The van der Waals surface area contributed by atoms with Crippen molar-refractivity contribution in [3.8, 4) is 0 Å². The molecule has 4 saturated carbocycles. The monoisotopic (exact) mass is 445 g/mol. The van der Waals surface area contributed by atoms with Crippen LogP contribution in [0.15, 0.2) is 0 Å². The average Bonchev–Trinajstić information content (AvgIpc) is 3.11. The lowest BCUT2D eigenvalue weighted by molar-refractivity contribution is -0.130. The normalized spacial score (nSPS) is 44.5. The van der Waals surface area contributed by atoms with Crippen molar-refractivity contribution in [3.63, 3.8) is 0 Å². The Morgan fingerprint density at radius 3 is 2.38 bits per heavy atom. The van der Waals surface area contributed by atoms with Crippen molar-refractivity contribution in [1.82, 2.24) is 5.32 Å². The van der Waals surface area contributed by atoms with Gasteiger partial charge in [-0.15, -0.1) is 0 Å². The molecule has 4 aliphatic rings. The number of aliphatic hydroxyl groups is 1. The molecule has 0 spiro atoms. The Morgan fingerprint density at radius 2 is 1.66 bits per heavy atom. The standard InChI is InChI=1S/C29H51NO2/c1-19(2)7-6-8-20(3)24-11-12-25-23-10-9-21-17-22(30-27(32)18-31)13-15-28(21,4)26(23)14-16-29(24,25)5/h19-26,31H,6-18H2,1-5H3,(H,30,32)/t20-,21+,22-,23?,24-,25?,26?,28+,29-/m1/s1. The van der Waals surface area contributed by atoms with Crippen molar-refractivity contribution in [3.05, 3.63) is 0 Å². The number of aliphatic hydroxyl groups excluding tert-OH is 1. The molecule has 0 aromatic rings. The molecule has 4 fully saturated rings. The molecule has 2 N–H and O–H groups in total. The molecule has 0 aromatic carbocycles. The van der Waals surface area contributed by atoms with E-state index in [2.05, 4.69) is 39.9 Å². The van der Waals surface area contributed by atoms with Gasteiger partial charge in [-0.05, 0) is 110 Å². The Hall–Kier alpha value is -0.570. The van der Waals surface area contributed by atoms with Crippen LogP contribution in [0.4, 0.5) is 0 Å². The zero-order chi connectivity index (χ0) is 23.1. The van der Waals surface area contributed by atoms with Crippen molar-refractivity contribution < 1.29 is 9.90 Å². The maximum absolute atomic E-state index is 11.7. The van der Waals surface area contributed by atoms with Crippen LogP contribution in [0.1, 0.15) is 112 Å². The lowest BCUT2D eigenvalue weighted by Crippen LogP contribution is -2.55. The van der Waals surface area contributed by atoms with E-state index in [1.165, 1.54) is 64.2 Å². The Balaban J connectivity index is 1.42. The van der Waals surface area contributed by atoms with Gasteiger partial charge < -0.3 is 10.4 Å². The molecule has 0 heterocycles. The Kier molecular flexibility index (Phi) is 7.36. The molecular weight excluding hydrogens is 394 g/mol. The highest BCUT2D eigenvalue weighted by Gasteiger charge is 2.60. The van der Waals surface area contributed by atoms with Gasteiger partial charge in [0, 0.05) is 6.04 Å². The molecule has 0 saturated heterocycles. The van der Waals surface area contributed by atoms with Gasteiger partial charge in [-0.25, -0.2) is 0 Å². The molecule has 9 atom stereocenters. The van der Waals surface area contributed by atoms with E-state index >= 15 is 0 Å². The summed E-state index contributed by atoms with van der Waals surface area (Å²) in [5.41, 5.74) is 1.04. The summed E-state index contributed by atoms with van der Waals surface area (Å²) in [4.78, 5) is 11.7. The largest absolute Gasteiger partial charge is 0.387 e. The molecule has 0 aliphatic heterocycles. The maximum atomic E-state index is 11.7. The van der Waals surface area contributed by atoms with Gasteiger partial charge in [0.2, 0.25) is 5.91 Å². The maximum Gasteiger partial charge on any atom is 0.245 e. The average molecular weight is 446 g/mol. The zero-order valence-electron chi connectivity index (χ0n) is 21.7. The van der Waals surface area contributed by atoms with Crippen LogP contribution in [0.2, 0.25) is 0 Å². The minimum Gasteiger partial charge on any atom is -0.387 e. The zero-order valence-corrected chi connectivity index (χ0v) is 21.7. The molecule has 4 rings (SSSR count). The van der Waals surface area contributed by atoms with Crippen LogP contribution >= 0.6 is 0 Å². The summed E-state index contributed by atoms with van der Waals surface area (Å²) in [7, 11) is 0. The van der Waals surface area contributed by atoms with Crippen molar-refractivity contribution in [2.45, 2.75) is 118 Å². The predicted molar refractivity (Wildman–Crippen MR) is 132 cm³/mol. The van der Waals surface area contributed by atoms with E-state index in [0.717, 1.165) is 54.3 Å². The molecule has 3 nitrogen and oxygen atoms in total. The minimum atomic E-state index is -0.375. The van der Waals surface area contributed by atoms with Crippen molar-refractivity contribution in [2.75, 3.05) is 6.61 Å². The molecule has 0 bridgehead atoms. The molecule has 3 heteroatoms. The highest BCUT2D eigenvalue weighted by atomic mass is 16.3. The number of carbonyl (C=O) groups excluding carboxylic acids is 1. The summed E-state index contributed by atoms with van der Waals surface area (Å²) >= 11 is 0. The third-order valence-electron chi connectivity index (χ3n) is 11.4. The number of amides is 1. The van der Waals surface area contributed by atoms with E-state index in [1.54, 1.807) is 0 Å². The summed E-state index contributed by atoms with van der Waals surface area (Å²) in [6.07, 6.45) is 16.3. The Bertz CT molecular complexity index is 662. The van der Waals surface area contributed by atoms with E-state index in [9.17, 15) is 4.79 Å². The quantitative estimate of drug-likeness (QED) is 0.465. The Labute approximate surface area is 197 Å². The van der Waals surface area contributed by atoms with E-state index < -0.39 is 0 Å². The first kappa shape index (κ1) is 24.6. The second-order valence-electron chi connectivity index (χ2n) is 13.4. The summed E-state index contributed by atoms with van der Waals surface area (Å²) < 4.78 is 0. The minimum absolute atomic E-state index is 0.194. The molecule has 184 valence electrons. The second-order valence-corrected chi connectivity index (χ2v) is 13.4. The van der Waals surface area contributed by atoms with Crippen LogP contribution in [0.3, 0.4) is 0 Å². The number of hydrogen-bond donors (Lipinski definition) is 2. The smallest absolute Gasteiger partial charge is 0.245 e. The van der Waals surface area contributed by atoms with E-state index in [1.807, 2.05) is 0 Å². The summed E-state index contributed by atoms with van der Waals surface area (Å²) in [5, 5.41) is 12.2. The van der Waals surface area contributed by atoms with Crippen LogP contribution in [0, 0.1) is 52.3 Å². The summed E-state index contributed by atoms with van der Waals surface area (Å²) in [6, 6.07) is 0.278. The van der Waals surface area contributed by atoms with E-state index in [-0.39, 0.29) is 18.6 Å². The van der Waals surface area contributed by atoms with Crippen LogP contribution in [0.5, 0.6) is 0 Å². The number of hydrogen-bond acceptors (Lipinski definition) is 2. The lowest BCUT2D eigenvalue weighted by atomic mass is 9.44. The SMILES string of the molecule is CC(C)CCC[C@@H](C)[C@H]1CCC2C3CC[C@H]4C[C@H](NC(=O)CO)CC[C@]4(C)C3CC[C@@]21C. The van der Waals surface area contributed by atoms with Crippen LogP contribution < -0.4 is 5.32 Å². The van der Waals surface area contributed by atoms with Crippen LogP contribution in [-0.4, -0.2) is 23.7 Å². The number of carbonyl (C=O) groups is 1. The fourth-order valence-electron chi connectivity index (χ4n) is 9.69. The summed E-state index contributed by atoms with van der Waals surface area (Å²) in [5.74, 6) is 6.00. The first-order valence-corrected chi connectivity index (χ1v) is 14.1. The van der Waals surface area contributed by atoms with E-state index in [0.29, 0.717) is 10.8 Å². The van der Waals surface area contributed by atoms with Crippen molar-refractivity contribution in [1.29, 1.82) is 0 Å². The molecule has 32 heavy (non-hydrogen) atoms. The van der Waals surface area contributed by atoms with Gasteiger partial charge in [0.05, 0.1) is 0 Å². The Morgan fingerprint density at radius 1 is 0.938 bits per heavy atom. The predicted octanol–water partition coefficient (Wildman–Crippen LogP) is 6.58. The molecule has 1 amide bonds.